The predicted molar refractivity (Wildman–Crippen MR) is 58.7 cm³/mol. The van der Waals surface area contributed by atoms with Gasteiger partial charge in [-0.05, 0) is 6.92 Å². The Morgan fingerprint density at radius 2 is 2.38 bits per heavy atom. The number of nitrogens with zero attached hydrogens (tertiary/aromatic N) is 1. The van der Waals surface area contributed by atoms with Crippen LogP contribution in [0.4, 0.5) is 0 Å². The highest BCUT2D eigenvalue weighted by molar-refractivity contribution is 5.81. The fourth-order valence-corrected chi connectivity index (χ4v) is 1.52. The molecule has 0 aromatic carbocycles. The molecule has 0 aromatic rings. The van der Waals surface area contributed by atoms with Crippen molar-refractivity contribution in [1.29, 1.82) is 0 Å². The van der Waals surface area contributed by atoms with Gasteiger partial charge in [-0.25, -0.2) is 4.79 Å². The van der Waals surface area contributed by atoms with Crippen LogP contribution in [0.25, 0.3) is 0 Å². The molecule has 92 valence electrons. The zero-order chi connectivity index (χ0) is 12.0. The van der Waals surface area contributed by atoms with Crippen molar-refractivity contribution in [1.82, 2.24) is 4.90 Å². The number of hydrogen-bond acceptors (Lipinski definition) is 5. The van der Waals surface area contributed by atoms with E-state index in [1.807, 2.05) is 6.92 Å². The molecule has 1 fully saturated rings. The van der Waals surface area contributed by atoms with Crippen molar-refractivity contribution in [2.24, 2.45) is 0 Å². The van der Waals surface area contributed by atoms with Crippen molar-refractivity contribution < 1.29 is 19.0 Å². The van der Waals surface area contributed by atoms with Gasteiger partial charge in [0.15, 0.2) is 0 Å². The molecule has 1 rings (SSSR count). The molecule has 0 amide bonds. The number of esters is 1. The molecule has 0 saturated carbocycles. The first-order valence-corrected chi connectivity index (χ1v) is 5.47. The van der Waals surface area contributed by atoms with Crippen LogP contribution in [-0.2, 0) is 19.0 Å². The fourth-order valence-electron chi connectivity index (χ4n) is 1.52. The zero-order valence-electron chi connectivity index (χ0n) is 9.85. The summed E-state index contributed by atoms with van der Waals surface area (Å²) < 4.78 is 15.8. The van der Waals surface area contributed by atoms with Gasteiger partial charge in [-0.2, -0.15) is 0 Å². The van der Waals surface area contributed by atoms with E-state index in [-0.39, 0.29) is 19.1 Å². The number of carbonyl (C=O) groups excluding carboxylic acids is 1. The summed E-state index contributed by atoms with van der Waals surface area (Å²) in [4.78, 5) is 12.8. The molecule has 1 saturated heterocycles. The van der Waals surface area contributed by atoms with Gasteiger partial charge in [0.1, 0.15) is 6.61 Å². The van der Waals surface area contributed by atoms with Crippen LogP contribution in [0.3, 0.4) is 0 Å². The number of ether oxygens (including phenoxy) is 3. The molecule has 1 heterocycles. The van der Waals surface area contributed by atoms with Crippen molar-refractivity contribution in [2.45, 2.75) is 26.4 Å². The summed E-state index contributed by atoms with van der Waals surface area (Å²) >= 11 is 0. The Kier molecular flexibility index (Phi) is 5.45. The third-order valence-electron chi connectivity index (χ3n) is 2.30. The fraction of sp³-hybridized carbons (Fsp3) is 0.727. The topological polar surface area (TPSA) is 48.0 Å². The Bertz CT molecular complexity index is 244. The van der Waals surface area contributed by atoms with E-state index >= 15 is 0 Å². The van der Waals surface area contributed by atoms with Crippen LogP contribution in [0, 0.1) is 0 Å². The Hall–Kier alpha value is -0.910. The number of carbonyl (C=O) groups is 1. The average molecular weight is 229 g/mol. The summed E-state index contributed by atoms with van der Waals surface area (Å²) in [5, 5.41) is 0. The lowest BCUT2D eigenvalue weighted by atomic mass is 10.4. The predicted octanol–water partition coefficient (Wildman–Crippen LogP) is 0.756. The molecule has 0 spiro atoms. The molecular formula is C11H19NO4. The van der Waals surface area contributed by atoms with E-state index in [4.69, 9.17) is 14.2 Å². The lowest BCUT2D eigenvalue weighted by Crippen LogP contribution is -2.33. The maximum Gasteiger partial charge on any atom is 0.330 e. The Morgan fingerprint density at radius 1 is 1.62 bits per heavy atom. The van der Waals surface area contributed by atoms with Gasteiger partial charge in [0.25, 0.3) is 0 Å². The van der Waals surface area contributed by atoms with Crippen molar-refractivity contribution in [2.75, 3.05) is 26.3 Å². The van der Waals surface area contributed by atoms with Crippen molar-refractivity contribution in [3.63, 3.8) is 0 Å². The van der Waals surface area contributed by atoms with E-state index in [0.717, 1.165) is 19.2 Å². The monoisotopic (exact) mass is 229 g/mol. The second-order valence-corrected chi connectivity index (χ2v) is 3.58. The van der Waals surface area contributed by atoms with Crippen molar-refractivity contribution >= 4 is 5.97 Å². The summed E-state index contributed by atoms with van der Waals surface area (Å²) in [6, 6.07) is 0. The number of rotatable bonds is 6. The van der Waals surface area contributed by atoms with E-state index in [0.29, 0.717) is 6.61 Å². The van der Waals surface area contributed by atoms with Gasteiger partial charge in [0.05, 0.1) is 12.7 Å². The first kappa shape index (κ1) is 13.2. The van der Waals surface area contributed by atoms with Crippen molar-refractivity contribution in [3.8, 4) is 0 Å². The lowest BCUT2D eigenvalue weighted by Gasteiger charge is -2.20. The molecule has 5 nitrogen and oxygen atoms in total. The van der Waals surface area contributed by atoms with Gasteiger partial charge < -0.3 is 14.2 Å². The van der Waals surface area contributed by atoms with Crippen LogP contribution < -0.4 is 0 Å². The summed E-state index contributed by atoms with van der Waals surface area (Å²) in [6.07, 6.45) is 0.995. The average Bonchev–Trinajstić information content (AvgIpc) is 2.64. The third kappa shape index (κ3) is 3.92. The van der Waals surface area contributed by atoms with Crippen LogP contribution in [0.5, 0.6) is 0 Å². The maximum absolute atomic E-state index is 10.7. The van der Waals surface area contributed by atoms with E-state index < -0.39 is 5.97 Å². The molecule has 0 bridgehead atoms. The van der Waals surface area contributed by atoms with Gasteiger partial charge in [0, 0.05) is 19.2 Å². The summed E-state index contributed by atoms with van der Waals surface area (Å²) in [7, 11) is 0. The van der Waals surface area contributed by atoms with Gasteiger partial charge >= 0.3 is 5.97 Å². The first-order valence-electron chi connectivity index (χ1n) is 5.47. The zero-order valence-corrected chi connectivity index (χ0v) is 9.85. The molecular weight excluding hydrogens is 210 g/mol. The molecule has 0 aliphatic carbocycles. The van der Waals surface area contributed by atoms with Gasteiger partial charge in [0.2, 0.25) is 6.41 Å². The maximum atomic E-state index is 10.7. The smallest absolute Gasteiger partial charge is 0.330 e. The minimum absolute atomic E-state index is 0.181. The summed E-state index contributed by atoms with van der Waals surface area (Å²) in [5.74, 6) is -0.434. The largest absolute Gasteiger partial charge is 0.460 e. The molecule has 16 heavy (non-hydrogen) atoms. The quantitative estimate of drug-likeness (QED) is 0.382. The normalized spacial score (nSPS) is 25.6. The Morgan fingerprint density at radius 3 is 3.00 bits per heavy atom. The van der Waals surface area contributed by atoms with Crippen LogP contribution >= 0.6 is 0 Å². The highest BCUT2D eigenvalue weighted by Crippen LogP contribution is 2.15. The van der Waals surface area contributed by atoms with Gasteiger partial charge in [-0.1, -0.05) is 13.5 Å². The summed E-state index contributed by atoms with van der Waals surface area (Å²) in [6.45, 7) is 9.65. The third-order valence-corrected chi connectivity index (χ3v) is 2.30. The molecule has 1 aliphatic rings. The minimum Gasteiger partial charge on any atom is -0.460 e. The SMILES string of the molecule is C=CC(=O)OCCOC1OC(C)CN1CC. The molecule has 0 N–H and O–H groups in total. The molecule has 5 heteroatoms. The highest BCUT2D eigenvalue weighted by atomic mass is 16.7. The summed E-state index contributed by atoms with van der Waals surface area (Å²) in [5.41, 5.74) is 0. The molecule has 0 radical (unpaired) electrons. The second kappa shape index (κ2) is 6.62. The van der Waals surface area contributed by atoms with Crippen LogP contribution in [0.15, 0.2) is 12.7 Å². The van der Waals surface area contributed by atoms with Crippen molar-refractivity contribution in [3.05, 3.63) is 12.7 Å². The van der Waals surface area contributed by atoms with Gasteiger partial charge in [-0.15, -0.1) is 0 Å². The molecule has 2 unspecified atom stereocenters. The number of hydrogen-bond donors (Lipinski definition) is 0. The Labute approximate surface area is 96.0 Å². The van der Waals surface area contributed by atoms with E-state index in [1.165, 1.54) is 0 Å². The van der Waals surface area contributed by atoms with Crippen LogP contribution in [0.1, 0.15) is 13.8 Å². The minimum atomic E-state index is -0.434. The molecule has 1 aliphatic heterocycles. The Balaban J connectivity index is 2.17. The van der Waals surface area contributed by atoms with E-state index in [2.05, 4.69) is 18.4 Å². The second-order valence-electron chi connectivity index (χ2n) is 3.58. The van der Waals surface area contributed by atoms with E-state index in [9.17, 15) is 4.79 Å². The molecule has 2 atom stereocenters. The first-order chi connectivity index (χ1) is 7.67. The van der Waals surface area contributed by atoms with Crippen LogP contribution in [0.2, 0.25) is 0 Å². The van der Waals surface area contributed by atoms with Gasteiger partial charge in [-0.3, -0.25) is 4.90 Å². The highest BCUT2D eigenvalue weighted by Gasteiger charge is 2.29. The lowest BCUT2D eigenvalue weighted by molar-refractivity contribution is -0.191. The van der Waals surface area contributed by atoms with E-state index in [1.54, 1.807) is 0 Å². The standard InChI is InChI=1S/C11H19NO4/c1-4-10(13)14-6-7-15-11-12(5-2)8-9(3)16-11/h4,9,11H,1,5-8H2,2-3H3. The number of likely N-dealkylation sites (N-methyl/N-ethyl adjacent to an activating group) is 1. The molecule has 0 aromatic heterocycles. The van der Waals surface area contributed by atoms with Crippen LogP contribution in [-0.4, -0.2) is 49.7 Å².